The van der Waals surface area contributed by atoms with Crippen molar-refractivity contribution in [2.45, 2.75) is 13.5 Å². The maximum Gasteiger partial charge on any atom is 0.258 e. The van der Waals surface area contributed by atoms with E-state index in [0.717, 1.165) is 48.6 Å². The van der Waals surface area contributed by atoms with E-state index in [9.17, 15) is 0 Å². The lowest BCUT2D eigenvalue weighted by Crippen LogP contribution is -2.43. The predicted octanol–water partition coefficient (Wildman–Crippen LogP) is 2.21. The third-order valence-electron chi connectivity index (χ3n) is 3.46. The monoisotopic (exact) mass is 336 g/mol. The highest BCUT2D eigenvalue weighted by Crippen LogP contribution is 2.24. The van der Waals surface area contributed by atoms with Crippen molar-refractivity contribution in [1.82, 2.24) is 20.4 Å². The Balaban J connectivity index is 1.73. The minimum absolute atomic E-state index is 0.579. The lowest BCUT2D eigenvalue weighted by Gasteiger charge is -2.25. The SMILES string of the molecule is Cc1ccc(-c2nc(CN3CCNCC3)no2)cc1Br. The third kappa shape index (κ3) is 3.08. The molecule has 1 fully saturated rings. The first-order valence-corrected chi connectivity index (χ1v) is 7.54. The van der Waals surface area contributed by atoms with Crippen molar-refractivity contribution in [2.75, 3.05) is 26.2 Å². The summed E-state index contributed by atoms with van der Waals surface area (Å²) >= 11 is 3.52. The molecule has 0 radical (unpaired) electrons. The van der Waals surface area contributed by atoms with Crippen LogP contribution in [-0.4, -0.2) is 41.2 Å². The highest BCUT2D eigenvalue weighted by atomic mass is 79.9. The minimum atomic E-state index is 0.579. The fourth-order valence-corrected chi connectivity index (χ4v) is 2.61. The number of halogens is 1. The van der Waals surface area contributed by atoms with Crippen molar-refractivity contribution < 1.29 is 4.52 Å². The normalized spacial score (nSPS) is 16.5. The van der Waals surface area contributed by atoms with Crippen LogP contribution in [0.4, 0.5) is 0 Å². The summed E-state index contributed by atoms with van der Waals surface area (Å²) in [5, 5.41) is 7.41. The summed E-state index contributed by atoms with van der Waals surface area (Å²) in [7, 11) is 0. The van der Waals surface area contributed by atoms with Crippen LogP contribution in [0.2, 0.25) is 0 Å². The van der Waals surface area contributed by atoms with E-state index >= 15 is 0 Å². The smallest absolute Gasteiger partial charge is 0.258 e. The zero-order valence-corrected chi connectivity index (χ0v) is 13.0. The van der Waals surface area contributed by atoms with E-state index in [-0.39, 0.29) is 0 Å². The van der Waals surface area contributed by atoms with Crippen LogP contribution >= 0.6 is 15.9 Å². The van der Waals surface area contributed by atoms with Crippen molar-refractivity contribution >= 4 is 15.9 Å². The summed E-state index contributed by atoms with van der Waals surface area (Å²) in [6, 6.07) is 6.05. The van der Waals surface area contributed by atoms with E-state index in [1.54, 1.807) is 0 Å². The van der Waals surface area contributed by atoms with Crippen LogP contribution in [0.3, 0.4) is 0 Å². The second-order valence-corrected chi connectivity index (χ2v) is 5.86. The number of rotatable bonds is 3. The van der Waals surface area contributed by atoms with Crippen LogP contribution in [0.1, 0.15) is 11.4 Å². The van der Waals surface area contributed by atoms with Crippen LogP contribution < -0.4 is 5.32 Å². The van der Waals surface area contributed by atoms with E-state index in [0.29, 0.717) is 5.89 Å². The first-order valence-electron chi connectivity index (χ1n) is 6.74. The molecule has 1 aromatic carbocycles. The number of benzene rings is 1. The summed E-state index contributed by atoms with van der Waals surface area (Å²) in [6.07, 6.45) is 0. The molecule has 3 rings (SSSR count). The number of piperazine rings is 1. The van der Waals surface area contributed by atoms with Gasteiger partial charge in [-0.1, -0.05) is 27.2 Å². The second kappa shape index (κ2) is 6.03. The summed E-state index contributed by atoms with van der Waals surface area (Å²) in [6.45, 7) is 6.90. The Morgan fingerprint density at radius 1 is 1.35 bits per heavy atom. The van der Waals surface area contributed by atoms with E-state index in [1.807, 2.05) is 18.2 Å². The molecule has 2 aromatic rings. The molecule has 2 heterocycles. The average molecular weight is 337 g/mol. The molecule has 0 saturated carbocycles. The molecule has 5 nitrogen and oxygen atoms in total. The van der Waals surface area contributed by atoms with Gasteiger partial charge in [-0.15, -0.1) is 0 Å². The van der Waals surface area contributed by atoms with Gasteiger partial charge in [0, 0.05) is 36.2 Å². The zero-order valence-electron chi connectivity index (χ0n) is 11.4. The zero-order chi connectivity index (χ0) is 13.9. The molecule has 20 heavy (non-hydrogen) atoms. The van der Waals surface area contributed by atoms with Gasteiger partial charge in [-0.3, -0.25) is 4.90 Å². The van der Waals surface area contributed by atoms with E-state index in [4.69, 9.17) is 4.52 Å². The fraction of sp³-hybridized carbons (Fsp3) is 0.429. The predicted molar refractivity (Wildman–Crippen MR) is 80.3 cm³/mol. The number of aryl methyl sites for hydroxylation is 1. The number of hydrogen-bond acceptors (Lipinski definition) is 5. The first kappa shape index (κ1) is 13.7. The van der Waals surface area contributed by atoms with Crippen LogP contribution in [0, 0.1) is 6.92 Å². The van der Waals surface area contributed by atoms with E-state index in [2.05, 4.69) is 43.2 Å². The Hall–Kier alpha value is -1.24. The molecule has 1 N–H and O–H groups in total. The van der Waals surface area contributed by atoms with Gasteiger partial charge in [0.15, 0.2) is 5.82 Å². The van der Waals surface area contributed by atoms with Crippen LogP contribution in [-0.2, 0) is 6.54 Å². The number of hydrogen-bond donors (Lipinski definition) is 1. The molecule has 0 spiro atoms. The standard InChI is InChI=1S/C14H17BrN4O/c1-10-2-3-11(8-12(10)15)14-17-13(18-20-14)9-19-6-4-16-5-7-19/h2-3,8,16H,4-7,9H2,1H3. The summed E-state index contributed by atoms with van der Waals surface area (Å²) < 4.78 is 6.42. The van der Waals surface area contributed by atoms with Gasteiger partial charge in [-0.2, -0.15) is 4.98 Å². The highest BCUT2D eigenvalue weighted by Gasteiger charge is 2.15. The molecule has 1 aliphatic heterocycles. The molecular formula is C14H17BrN4O. The highest BCUT2D eigenvalue weighted by molar-refractivity contribution is 9.10. The topological polar surface area (TPSA) is 54.2 Å². The van der Waals surface area contributed by atoms with Crippen molar-refractivity contribution in [3.63, 3.8) is 0 Å². The maximum absolute atomic E-state index is 5.36. The van der Waals surface area contributed by atoms with Crippen molar-refractivity contribution in [3.05, 3.63) is 34.1 Å². The van der Waals surface area contributed by atoms with Crippen molar-refractivity contribution in [2.24, 2.45) is 0 Å². The van der Waals surface area contributed by atoms with Gasteiger partial charge < -0.3 is 9.84 Å². The Bertz CT molecular complexity index is 593. The number of nitrogens with zero attached hydrogens (tertiary/aromatic N) is 3. The van der Waals surface area contributed by atoms with E-state index in [1.165, 1.54) is 5.56 Å². The van der Waals surface area contributed by atoms with Gasteiger partial charge in [0.05, 0.1) is 6.54 Å². The van der Waals surface area contributed by atoms with Gasteiger partial charge in [0.1, 0.15) is 0 Å². The van der Waals surface area contributed by atoms with Crippen LogP contribution in [0.25, 0.3) is 11.5 Å². The average Bonchev–Trinajstić information content (AvgIpc) is 2.91. The van der Waals surface area contributed by atoms with E-state index < -0.39 is 0 Å². The molecule has 0 amide bonds. The molecular weight excluding hydrogens is 320 g/mol. The Morgan fingerprint density at radius 3 is 2.90 bits per heavy atom. The fourth-order valence-electron chi connectivity index (χ4n) is 2.23. The molecule has 1 saturated heterocycles. The summed E-state index contributed by atoms with van der Waals surface area (Å²) in [5.74, 6) is 1.33. The van der Waals surface area contributed by atoms with Crippen LogP contribution in [0.15, 0.2) is 27.2 Å². The second-order valence-electron chi connectivity index (χ2n) is 5.01. The van der Waals surface area contributed by atoms with Gasteiger partial charge >= 0.3 is 0 Å². The van der Waals surface area contributed by atoms with Gasteiger partial charge in [-0.25, -0.2) is 0 Å². The lowest BCUT2D eigenvalue weighted by molar-refractivity contribution is 0.225. The molecule has 1 aliphatic rings. The lowest BCUT2D eigenvalue weighted by atomic mass is 10.1. The summed E-state index contributed by atoms with van der Waals surface area (Å²) in [4.78, 5) is 6.81. The Kier molecular flexibility index (Phi) is 4.14. The molecule has 0 bridgehead atoms. The number of nitrogens with one attached hydrogen (secondary N) is 1. The largest absolute Gasteiger partial charge is 0.334 e. The quantitative estimate of drug-likeness (QED) is 0.931. The molecule has 106 valence electrons. The maximum atomic E-state index is 5.36. The number of aromatic nitrogens is 2. The van der Waals surface area contributed by atoms with Crippen molar-refractivity contribution in [3.8, 4) is 11.5 Å². The Labute approximate surface area is 126 Å². The molecule has 0 aliphatic carbocycles. The summed E-state index contributed by atoms with van der Waals surface area (Å²) in [5.41, 5.74) is 2.14. The Morgan fingerprint density at radius 2 is 2.15 bits per heavy atom. The molecule has 0 unspecified atom stereocenters. The third-order valence-corrected chi connectivity index (χ3v) is 4.32. The molecule has 1 aromatic heterocycles. The van der Waals surface area contributed by atoms with Gasteiger partial charge in [0.2, 0.25) is 0 Å². The first-order chi connectivity index (χ1) is 9.72. The van der Waals surface area contributed by atoms with Gasteiger partial charge in [-0.05, 0) is 24.6 Å². The van der Waals surface area contributed by atoms with Crippen LogP contribution in [0.5, 0.6) is 0 Å². The molecule has 6 heteroatoms. The van der Waals surface area contributed by atoms with Gasteiger partial charge in [0.25, 0.3) is 5.89 Å². The molecule has 0 atom stereocenters. The minimum Gasteiger partial charge on any atom is -0.334 e. The van der Waals surface area contributed by atoms with Crippen molar-refractivity contribution in [1.29, 1.82) is 0 Å².